The number of hydrogen-bond donors (Lipinski definition) is 2. The number of fused-ring (bicyclic) bond motifs is 1. The van der Waals surface area contributed by atoms with Crippen molar-refractivity contribution < 1.29 is 18.0 Å². The molecule has 2 N–H and O–H groups in total. The van der Waals surface area contributed by atoms with Crippen LogP contribution in [-0.4, -0.2) is 10.9 Å². The number of rotatable bonds is 3. The summed E-state index contributed by atoms with van der Waals surface area (Å²) in [6.45, 7) is 0. The Bertz CT molecular complexity index is 1280. The number of carbonyl (C=O) groups excluding carboxylic acids is 1. The number of alkyl halides is 3. The lowest BCUT2D eigenvalue weighted by atomic mass is 10.0. The lowest BCUT2D eigenvalue weighted by Crippen LogP contribution is -2.14. The first kappa shape index (κ1) is 19.8. The van der Waals surface area contributed by atoms with Crippen molar-refractivity contribution in [1.82, 2.24) is 4.98 Å². The van der Waals surface area contributed by atoms with Crippen molar-refractivity contribution >= 4 is 34.8 Å². The van der Waals surface area contributed by atoms with E-state index in [9.17, 15) is 18.0 Å². The number of anilines is 1. The van der Waals surface area contributed by atoms with Crippen LogP contribution >= 0.6 is 12.2 Å². The first-order chi connectivity index (χ1) is 14.3. The van der Waals surface area contributed by atoms with Crippen LogP contribution in [0, 0.1) is 4.51 Å². The summed E-state index contributed by atoms with van der Waals surface area (Å²) < 4.78 is 39.9. The van der Waals surface area contributed by atoms with Gasteiger partial charge in [0.15, 0.2) is 0 Å². The van der Waals surface area contributed by atoms with E-state index in [4.69, 9.17) is 12.2 Å². The summed E-state index contributed by atoms with van der Waals surface area (Å²) >= 11 is 5.58. The predicted molar refractivity (Wildman–Crippen MR) is 114 cm³/mol. The fourth-order valence-corrected chi connectivity index (χ4v) is 3.60. The fourth-order valence-electron chi connectivity index (χ4n) is 3.21. The number of benzene rings is 3. The Kier molecular flexibility index (Phi) is 5.13. The maximum atomic E-state index is 13.2. The molecule has 1 amide bonds. The minimum absolute atomic E-state index is 0.226. The Morgan fingerprint density at radius 3 is 2.17 bits per heavy atom. The zero-order chi connectivity index (χ0) is 21.3. The monoisotopic (exact) mass is 424 g/mol. The van der Waals surface area contributed by atoms with E-state index < -0.39 is 11.7 Å². The quantitative estimate of drug-likeness (QED) is 0.354. The number of pyridine rings is 1. The van der Waals surface area contributed by atoms with Gasteiger partial charge >= 0.3 is 6.18 Å². The van der Waals surface area contributed by atoms with Crippen LogP contribution < -0.4 is 5.32 Å². The molecule has 0 bridgehead atoms. The molecular weight excluding hydrogens is 409 g/mol. The van der Waals surface area contributed by atoms with Crippen LogP contribution in [0.3, 0.4) is 0 Å². The zero-order valence-corrected chi connectivity index (χ0v) is 16.3. The van der Waals surface area contributed by atoms with Gasteiger partial charge in [0.25, 0.3) is 5.91 Å². The molecule has 0 saturated carbocycles. The Balaban J connectivity index is 1.92. The van der Waals surface area contributed by atoms with Crippen LogP contribution in [0.25, 0.3) is 22.0 Å². The summed E-state index contributed by atoms with van der Waals surface area (Å²) in [6.07, 6.45) is -4.48. The molecular formula is C23H15F3N2OS. The van der Waals surface area contributed by atoms with E-state index in [0.717, 1.165) is 12.1 Å². The number of halogens is 3. The van der Waals surface area contributed by atoms with Crippen molar-refractivity contribution in [2.45, 2.75) is 6.18 Å². The van der Waals surface area contributed by atoms with Crippen LogP contribution in [0.1, 0.15) is 15.9 Å². The molecule has 0 spiro atoms. The van der Waals surface area contributed by atoms with Gasteiger partial charge in [0.2, 0.25) is 0 Å². The van der Waals surface area contributed by atoms with E-state index in [2.05, 4.69) is 10.3 Å². The van der Waals surface area contributed by atoms with Gasteiger partial charge in [-0.3, -0.25) is 4.79 Å². The molecule has 3 nitrogen and oxygen atoms in total. The molecule has 0 aliphatic carbocycles. The topological polar surface area (TPSA) is 44.9 Å². The molecule has 4 aromatic rings. The molecule has 7 heteroatoms. The van der Waals surface area contributed by atoms with E-state index in [-0.39, 0.29) is 15.8 Å². The molecule has 0 atom stereocenters. The molecule has 4 rings (SSSR count). The molecule has 0 radical (unpaired) electrons. The Morgan fingerprint density at radius 1 is 0.900 bits per heavy atom. The average Bonchev–Trinajstić information content (AvgIpc) is 2.74. The minimum Gasteiger partial charge on any atom is -0.341 e. The highest BCUT2D eigenvalue weighted by Crippen LogP contribution is 2.36. The van der Waals surface area contributed by atoms with Gasteiger partial charge in [-0.05, 0) is 35.9 Å². The molecule has 30 heavy (non-hydrogen) atoms. The SMILES string of the molecule is O=C(Nc1[nH]c2ccc(C(F)(F)F)cc2c(=S)c1-c1ccccc1)c1ccccc1. The summed E-state index contributed by atoms with van der Waals surface area (Å²) in [6, 6.07) is 21.0. The van der Waals surface area contributed by atoms with Crippen molar-refractivity contribution in [2.75, 3.05) is 5.32 Å². The van der Waals surface area contributed by atoms with Gasteiger partial charge in [-0.2, -0.15) is 13.2 Å². The number of carbonyl (C=O) groups is 1. The van der Waals surface area contributed by atoms with Crippen LogP contribution in [0.2, 0.25) is 0 Å². The average molecular weight is 424 g/mol. The van der Waals surface area contributed by atoms with Gasteiger partial charge in [-0.1, -0.05) is 60.7 Å². The lowest BCUT2D eigenvalue weighted by molar-refractivity contribution is -0.137. The van der Waals surface area contributed by atoms with Crippen molar-refractivity contribution in [3.63, 3.8) is 0 Å². The van der Waals surface area contributed by atoms with Gasteiger partial charge < -0.3 is 10.3 Å². The maximum Gasteiger partial charge on any atom is 0.416 e. The van der Waals surface area contributed by atoms with Crippen molar-refractivity contribution in [3.05, 3.63) is 94.5 Å². The van der Waals surface area contributed by atoms with Gasteiger partial charge in [0, 0.05) is 22.0 Å². The van der Waals surface area contributed by atoms with Crippen LogP contribution in [-0.2, 0) is 6.18 Å². The van der Waals surface area contributed by atoms with Crippen molar-refractivity contribution in [1.29, 1.82) is 0 Å². The van der Waals surface area contributed by atoms with Gasteiger partial charge in [-0.25, -0.2) is 0 Å². The zero-order valence-electron chi connectivity index (χ0n) is 15.5. The van der Waals surface area contributed by atoms with Crippen molar-refractivity contribution in [2.24, 2.45) is 0 Å². The molecule has 3 aromatic carbocycles. The molecule has 0 fully saturated rings. The van der Waals surface area contributed by atoms with E-state index in [1.807, 2.05) is 6.07 Å². The van der Waals surface area contributed by atoms with E-state index in [1.165, 1.54) is 6.07 Å². The molecule has 1 heterocycles. The minimum atomic E-state index is -4.48. The molecule has 0 saturated heterocycles. The molecule has 0 aliphatic heterocycles. The third-order valence-corrected chi connectivity index (χ3v) is 5.09. The second kappa shape index (κ2) is 7.76. The largest absolute Gasteiger partial charge is 0.416 e. The summed E-state index contributed by atoms with van der Waals surface area (Å²) in [7, 11) is 0. The first-order valence-corrected chi connectivity index (χ1v) is 9.44. The lowest BCUT2D eigenvalue weighted by Gasteiger charge is -2.15. The second-order valence-electron chi connectivity index (χ2n) is 6.65. The number of H-pyrrole nitrogens is 1. The highest BCUT2D eigenvalue weighted by Gasteiger charge is 2.30. The Hall–Kier alpha value is -3.45. The van der Waals surface area contributed by atoms with Gasteiger partial charge in [-0.15, -0.1) is 0 Å². The molecule has 0 unspecified atom stereocenters. The van der Waals surface area contributed by atoms with Gasteiger partial charge in [0.1, 0.15) is 5.82 Å². The Labute approximate surface area is 175 Å². The highest BCUT2D eigenvalue weighted by atomic mass is 32.1. The smallest absolute Gasteiger partial charge is 0.341 e. The van der Waals surface area contributed by atoms with Crippen LogP contribution in [0.4, 0.5) is 19.0 Å². The number of aromatic nitrogens is 1. The molecule has 0 aliphatic rings. The second-order valence-corrected chi connectivity index (χ2v) is 7.06. The highest BCUT2D eigenvalue weighted by molar-refractivity contribution is 7.71. The van der Waals surface area contributed by atoms with Crippen molar-refractivity contribution in [3.8, 4) is 11.1 Å². The predicted octanol–water partition coefficient (Wildman–Crippen LogP) is 6.84. The van der Waals surface area contributed by atoms with Crippen LogP contribution in [0.15, 0.2) is 78.9 Å². The molecule has 1 aromatic heterocycles. The third-order valence-electron chi connectivity index (χ3n) is 4.67. The number of aromatic amines is 1. The first-order valence-electron chi connectivity index (χ1n) is 9.03. The summed E-state index contributed by atoms with van der Waals surface area (Å²) in [5, 5.41) is 3.08. The Morgan fingerprint density at radius 2 is 1.53 bits per heavy atom. The molecule has 150 valence electrons. The number of hydrogen-bond acceptors (Lipinski definition) is 2. The van der Waals surface area contributed by atoms with Gasteiger partial charge in [0.05, 0.1) is 10.1 Å². The van der Waals surface area contributed by atoms with E-state index >= 15 is 0 Å². The van der Waals surface area contributed by atoms with E-state index in [0.29, 0.717) is 28.0 Å². The summed E-state index contributed by atoms with van der Waals surface area (Å²) in [5.41, 5.74) is 1.21. The standard InChI is InChI=1S/C23H15F3N2OS/c24-23(25,26)16-11-12-18-17(13-16)20(30)19(14-7-3-1-4-8-14)21(27-18)28-22(29)15-9-5-2-6-10-15/h1-13H,(H2,27,28,29,30). The number of amides is 1. The summed E-state index contributed by atoms with van der Waals surface area (Å²) in [5.74, 6) is -0.0306. The maximum absolute atomic E-state index is 13.2. The normalized spacial score (nSPS) is 11.4. The van der Waals surface area contributed by atoms with Crippen LogP contribution in [0.5, 0.6) is 0 Å². The third kappa shape index (κ3) is 3.84. The number of nitrogens with one attached hydrogen (secondary N) is 2. The fraction of sp³-hybridized carbons (Fsp3) is 0.0435. The van der Waals surface area contributed by atoms with E-state index in [1.54, 1.807) is 54.6 Å². The summed E-state index contributed by atoms with van der Waals surface area (Å²) in [4.78, 5) is 15.8.